The zero-order chi connectivity index (χ0) is 14.0. The van der Waals surface area contributed by atoms with Crippen LogP contribution in [0.1, 0.15) is 6.92 Å². The number of H-pyrrole nitrogens is 1. The average molecular weight is 266 g/mol. The van der Waals surface area contributed by atoms with Gasteiger partial charge >= 0.3 is 17.1 Å². The first-order chi connectivity index (χ1) is 9.02. The highest BCUT2D eigenvalue weighted by molar-refractivity contribution is 5.77. The standard InChI is InChI=1S/C12H11FN2O4/c1-2-19-10(16)6-15-9-5-7(13)3-4-8(9)14-11(17)12(15)18/h3-5H,2,6H2,1H3,(H,14,17). The van der Waals surface area contributed by atoms with Gasteiger partial charge in [-0.25, -0.2) is 4.39 Å². The highest BCUT2D eigenvalue weighted by atomic mass is 19.1. The van der Waals surface area contributed by atoms with Crippen LogP contribution in [0.2, 0.25) is 0 Å². The summed E-state index contributed by atoms with van der Waals surface area (Å²) in [6.45, 7) is 1.34. The Morgan fingerprint density at radius 2 is 2.16 bits per heavy atom. The normalized spacial score (nSPS) is 10.6. The van der Waals surface area contributed by atoms with E-state index in [1.807, 2.05) is 0 Å². The number of rotatable bonds is 3. The van der Waals surface area contributed by atoms with Crippen molar-refractivity contribution in [1.82, 2.24) is 9.55 Å². The lowest BCUT2D eigenvalue weighted by Gasteiger charge is -2.08. The van der Waals surface area contributed by atoms with Gasteiger partial charge in [0.15, 0.2) is 0 Å². The van der Waals surface area contributed by atoms with Crippen LogP contribution in [-0.4, -0.2) is 22.1 Å². The smallest absolute Gasteiger partial charge is 0.326 e. The van der Waals surface area contributed by atoms with E-state index in [0.717, 1.165) is 16.7 Å². The van der Waals surface area contributed by atoms with Crippen molar-refractivity contribution >= 4 is 17.0 Å². The van der Waals surface area contributed by atoms with Crippen molar-refractivity contribution in [2.24, 2.45) is 0 Å². The largest absolute Gasteiger partial charge is 0.465 e. The second-order valence-corrected chi connectivity index (χ2v) is 3.81. The van der Waals surface area contributed by atoms with Crippen molar-refractivity contribution in [3.05, 3.63) is 44.7 Å². The highest BCUT2D eigenvalue weighted by Crippen LogP contribution is 2.10. The van der Waals surface area contributed by atoms with Crippen LogP contribution in [0.3, 0.4) is 0 Å². The Labute approximate surface area is 106 Å². The van der Waals surface area contributed by atoms with Gasteiger partial charge in [-0.15, -0.1) is 0 Å². The number of aromatic amines is 1. The minimum absolute atomic E-state index is 0.137. The number of carbonyl (C=O) groups is 1. The van der Waals surface area contributed by atoms with Crippen LogP contribution in [0.25, 0.3) is 11.0 Å². The summed E-state index contributed by atoms with van der Waals surface area (Å²) in [5, 5.41) is 0. The van der Waals surface area contributed by atoms with E-state index in [2.05, 4.69) is 4.98 Å². The van der Waals surface area contributed by atoms with Gasteiger partial charge in [0.05, 0.1) is 17.6 Å². The quantitative estimate of drug-likeness (QED) is 0.643. The molecule has 7 heteroatoms. The van der Waals surface area contributed by atoms with E-state index in [1.165, 1.54) is 6.07 Å². The van der Waals surface area contributed by atoms with Gasteiger partial charge in [0.25, 0.3) is 0 Å². The van der Waals surface area contributed by atoms with Crippen molar-refractivity contribution in [3.63, 3.8) is 0 Å². The first-order valence-electron chi connectivity index (χ1n) is 5.61. The summed E-state index contributed by atoms with van der Waals surface area (Å²) in [5.74, 6) is -1.24. The maximum Gasteiger partial charge on any atom is 0.326 e. The minimum atomic E-state index is -0.925. The van der Waals surface area contributed by atoms with Crippen molar-refractivity contribution in [2.75, 3.05) is 6.61 Å². The van der Waals surface area contributed by atoms with Crippen molar-refractivity contribution in [3.8, 4) is 0 Å². The molecular formula is C12H11FN2O4. The third-order valence-corrected chi connectivity index (χ3v) is 2.53. The summed E-state index contributed by atoms with van der Waals surface area (Å²) in [7, 11) is 0. The van der Waals surface area contributed by atoms with E-state index in [0.29, 0.717) is 0 Å². The predicted molar refractivity (Wildman–Crippen MR) is 65.4 cm³/mol. The Hall–Kier alpha value is -2.44. The minimum Gasteiger partial charge on any atom is -0.465 e. The molecule has 0 bridgehead atoms. The molecule has 1 aromatic heterocycles. The molecule has 1 aromatic carbocycles. The van der Waals surface area contributed by atoms with Gasteiger partial charge in [0.2, 0.25) is 0 Å². The lowest BCUT2D eigenvalue weighted by molar-refractivity contribution is -0.143. The lowest BCUT2D eigenvalue weighted by Crippen LogP contribution is -2.38. The number of aromatic nitrogens is 2. The maximum atomic E-state index is 13.2. The molecule has 100 valence electrons. The third-order valence-electron chi connectivity index (χ3n) is 2.53. The van der Waals surface area contributed by atoms with E-state index in [1.54, 1.807) is 6.92 Å². The molecule has 1 heterocycles. The highest BCUT2D eigenvalue weighted by Gasteiger charge is 2.12. The van der Waals surface area contributed by atoms with Crippen LogP contribution in [0.5, 0.6) is 0 Å². The Morgan fingerprint density at radius 1 is 1.42 bits per heavy atom. The molecule has 0 aliphatic rings. The number of benzene rings is 1. The van der Waals surface area contributed by atoms with Gasteiger partial charge in [0, 0.05) is 0 Å². The summed E-state index contributed by atoms with van der Waals surface area (Å²) in [6, 6.07) is 3.55. The number of nitrogens with zero attached hydrogens (tertiary/aromatic N) is 1. The molecule has 0 aliphatic heterocycles. The molecule has 0 atom stereocenters. The van der Waals surface area contributed by atoms with Gasteiger partial charge < -0.3 is 9.72 Å². The topological polar surface area (TPSA) is 81.2 Å². The number of esters is 1. The summed E-state index contributed by atoms with van der Waals surface area (Å²) >= 11 is 0. The van der Waals surface area contributed by atoms with Crippen LogP contribution in [-0.2, 0) is 16.1 Å². The van der Waals surface area contributed by atoms with Crippen molar-refractivity contribution in [1.29, 1.82) is 0 Å². The number of ether oxygens (including phenoxy) is 1. The average Bonchev–Trinajstić information content (AvgIpc) is 2.36. The van der Waals surface area contributed by atoms with Gasteiger partial charge in [-0.3, -0.25) is 19.0 Å². The molecule has 0 unspecified atom stereocenters. The number of carbonyl (C=O) groups excluding carboxylic acids is 1. The summed E-state index contributed by atoms with van der Waals surface area (Å²) in [5.41, 5.74) is -1.39. The van der Waals surface area contributed by atoms with Gasteiger partial charge in [-0.1, -0.05) is 0 Å². The first-order valence-corrected chi connectivity index (χ1v) is 5.61. The van der Waals surface area contributed by atoms with E-state index < -0.39 is 29.4 Å². The zero-order valence-corrected chi connectivity index (χ0v) is 10.1. The van der Waals surface area contributed by atoms with E-state index in [9.17, 15) is 18.8 Å². The van der Waals surface area contributed by atoms with Crippen LogP contribution >= 0.6 is 0 Å². The molecule has 2 aromatic rings. The molecule has 0 saturated carbocycles. The third kappa shape index (κ3) is 2.54. The van der Waals surface area contributed by atoms with Gasteiger partial charge in [0.1, 0.15) is 12.4 Å². The molecule has 6 nitrogen and oxygen atoms in total. The monoisotopic (exact) mass is 266 g/mol. The van der Waals surface area contributed by atoms with Crippen LogP contribution < -0.4 is 11.1 Å². The molecular weight excluding hydrogens is 255 g/mol. The fraction of sp³-hybridized carbons (Fsp3) is 0.250. The van der Waals surface area contributed by atoms with E-state index >= 15 is 0 Å². The van der Waals surface area contributed by atoms with Crippen LogP contribution in [0, 0.1) is 5.82 Å². The number of nitrogens with one attached hydrogen (secondary N) is 1. The summed E-state index contributed by atoms with van der Waals surface area (Å²) < 4.78 is 18.8. The summed E-state index contributed by atoms with van der Waals surface area (Å²) in [6.07, 6.45) is 0. The fourth-order valence-corrected chi connectivity index (χ4v) is 1.73. The molecule has 1 N–H and O–H groups in total. The molecule has 0 amide bonds. The molecule has 0 spiro atoms. The molecule has 0 saturated heterocycles. The number of hydrogen-bond donors (Lipinski definition) is 1. The molecule has 0 radical (unpaired) electrons. The lowest BCUT2D eigenvalue weighted by atomic mass is 10.3. The number of hydrogen-bond acceptors (Lipinski definition) is 4. The van der Waals surface area contributed by atoms with Crippen LogP contribution in [0.4, 0.5) is 4.39 Å². The van der Waals surface area contributed by atoms with Crippen molar-refractivity contribution < 1.29 is 13.9 Å². The predicted octanol–water partition coefficient (Wildman–Crippen LogP) is 0.392. The first kappa shape index (κ1) is 13.0. The zero-order valence-electron chi connectivity index (χ0n) is 10.1. The fourth-order valence-electron chi connectivity index (χ4n) is 1.73. The molecule has 0 fully saturated rings. The SMILES string of the molecule is CCOC(=O)Cn1c(=O)c(=O)[nH]c2ccc(F)cc21. The Kier molecular flexibility index (Phi) is 3.46. The number of fused-ring (bicyclic) bond motifs is 1. The second-order valence-electron chi connectivity index (χ2n) is 3.81. The molecule has 2 rings (SSSR count). The Balaban J connectivity index is 2.65. The van der Waals surface area contributed by atoms with Crippen molar-refractivity contribution in [2.45, 2.75) is 13.5 Å². The van der Waals surface area contributed by atoms with Crippen LogP contribution in [0.15, 0.2) is 27.8 Å². The van der Waals surface area contributed by atoms with E-state index in [-0.39, 0.29) is 17.6 Å². The van der Waals surface area contributed by atoms with E-state index in [4.69, 9.17) is 4.74 Å². The Bertz CT molecular complexity index is 747. The maximum absolute atomic E-state index is 13.2. The second kappa shape index (κ2) is 5.05. The Morgan fingerprint density at radius 3 is 2.84 bits per heavy atom. The molecule has 19 heavy (non-hydrogen) atoms. The van der Waals surface area contributed by atoms with Gasteiger partial charge in [-0.05, 0) is 25.1 Å². The summed E-state index contributed by atoms with van der Waals surface area (Å²) in [4.78, 5) is 36.9. The number of halogens is 1. The molecule has 0 aliphatic carbocycles. The van der Waals surface area contributed by atoms with Gasteiger partial charge in [-0.2, -0.15) is 0 Å².